The van der Waals surface area contributed by atoms with Crippen LogP contribution in [0.25, 0.3) is 0 Å². The number of hydrazone groups is 1. The Balaban J connectivity index is 2.63. The highest BCUT2D eigenvalue weighted by molar-refractivity contribution is 5.78. The molecule has 14 heavy (non-hydrogen) atoms. The van der Waals surface area contributed by atoms with Gasteiger partial charge in [0.15, 0.2) is 5.03 Å². The fraction of sp³-hybridized carbons (Fsp3) is 0.857. The van der Waals surface area contributed by atoms with Gasteiger partial charge in [0.25, 0.3) is 5.96 Å². The summed E-state index contributed by atoms with van der Waals surface area (Å²) in [6, 6.07) is 0. The Hall–Kier alpha value is -1.37. The van der Waals surface area contributed by atoms with Crippen LogP contribution in [-0.2, 0) is 4.74 Å². The maximum absolute atomic E-state index is 10.2. The van der Waals surface area contributed by atoms with E-state index in [0.29, 0.717) is 6.61 Å². The Kier molecular flexibility index (Phi) is 3.63. The van der Waals surface area contributed by atoms with Crippen molar-refractivity contribution < 1.29 is 9.77 Å². The summed E-state index contributed by atoms with van der Waals surface area (Å²) in [7, 11) is 3.31. The highest BCUT2D eigenvalue weighted by Crippen LogP contribution is 2.14. The molecule has 1 fully saturated rings. The number of guanidine groups is 1. The monoisotopic (exact) mass is 202 g/mol. The van der Waals surface area contributed by atoms with E-state index in [1.165, 1.54) is 0 Å². The molecule has 0 amide bonds. The number of hydrogen-bond donors (Lipinski definition) is 1. The number of rotatable bonds is 2. The van der Waals surface area contributed by atoms with Crippen LogP contribution in [0, 0.1) is 10.1 Å². The summed E-state index contributed by atoms with van der Waals surface area (Å²) in [5, 5.41) is 15.4. The lowest BCUT2D eigenvalue weighted by atomic mass is 10.3. The molecule has 1 rings (SSSR count). The lowest BCUT2D eigenvalue weighted by molar-refractivity contribution is -0.486. The zero-order valence-electron chi connectivity index (χ0n) is 8.27. The van der Waals surface area contributed by atoms with Crippen molar-refractivity contribution >= 4 is 5.96 Å². The normalized spacial score (nSPS) is 22.1. The van der Waals surface area contributed by atoms with Crippen LogP contribution in [-0.4, -0.2) is 42.8 Å². The summed E-state index contributed by atoms with van der Waals surface area (Å²) < 4.78 is 5.36. The van der Waals surface area contributed by atoms with Gasteiger partial charge in [-0.2, -0.15) is 0 Å². The summed E-state index contributed by atoms with van der Waals surface area (Å²) >= 11 is 0. The average molecular weight is 202 g/mol. The molecule has 0 radical (unpaired) electrons. The average Bonchev–Trinajstić information content (AvgIpc) is 2.65. The third-order valence-electron chi connectivity index (χ3n) is 2.07. The number of ether oxygens (including phenoxy) is 1. The van der Waals surface area contributed by atoms with E-state index in [2.05, 4.69) is 10.4 Å². The minimum Gasteiger partial charge on any atom is -0.358 e. The van der Waals surface area contributed by atoms with Gasteiger partial charge in [0, 0.05) is 20.7 Å². The molecule has 7 nitrogen and oxygen atoms in total. The van der Waals surface area contributed by atoms with Gasteiger partial charge in [0.2, 0.25) is 0 Å². The van der Waals surface area contributed by atoms with E-state index in [0.717, 1.165) is 12.8 Å². The minimum atomic E-state index is -0.725. The third kappa shape index (κ3) is 2.56. The van der Waals surface area contributed by atoms with E-state index >= 15 is 0 Å². The molecule has 1 aliphatic rings. The molecule has 0 saturated carbocycles. The molecular weight excluding hydrogens is 188 g/mol. The van der Waals surface area contributed by atoms with Crippen LogP contribution in [0.5, 0.6) is 0 Å². The van der Waals surface area contributed by atoms with Gasteiger partial charge in [0.1, 0.15) is 11.3 Å². The van der Waals surface area contributed by atoms with Crippen LogP contribution in [0.2, 0.25) is 0 Å². The van der Waals surface area contributed by atoms with Crippen molar-refractivity contribution in [2.24, 2.45) is 5.10 Å². The van der Waals surface area contributed by atoms with Crippen LogP contribution in [0.15, 0.2) is 5.10 Å². The van der Waals surface area contributed by atoms with Gasteiger partial charge in [-0.25, -0.2) is 10.1 Å². The quantitative estimate of drug-likeness (QED) is 0.291. The van der Waals surface area contributed by atoms with Gasteiger partial charge in [0.05, 0.1) is 0 Å². The lowest BCUT2D eigenvalue weighted by Gasteiger charge is -2.24. The molecule has 7 heteroatoms. The maximum Gasteiger partial charge on any atom is 0.272 e. The van der Waals surface area contributed by atoms with Gasteiger partial charge in [-0.05, 0) is 12.8 Å². The molecule has 0 bridgehead atoms. The summed E-state index contributed by atoms with van der Waals surface area (Å²) in [6.07, 6.45) is 1.74. The topological polar surface area (TPSA) is 80.0 Å². The molecule has 1 saturated heterocycles. The van der Waals surface area contributed by atoms with Crippen molar-refractivity contribution in [3.63, 3.8) is 0 Å². The number of hydrogen-bond acceptors (Lipinski definition) is 3. The first-order valence-corrected chi connectivity index (χ1v) is 4.40. The second kappa shape index (κ2) is 4.75. The number of nitrogens with zero attached hydrogens (tertiary/aromatic N) is 3. The van der Waals surface area contributed by atoms with Gasteiger partial charge in [-0.3, -0.25) is 0 Å². The smallest absolute Gasteiger partial charge is 0.272 e. The molecule has 1 atom stereocenters. The first kappa shape index (κ1) is 10.7. The van der Waals surface area contributed by atoms with Crippen molar-refractivity contribution in [1.29, 1.82) is 0 Å². The molecule has 0 aliphatic carbocycles. The van der Waals surface area contributed by atoms with Gasteiger partial charge >= 0.3 is 0 Å². The first-order chi connectivity index (χ1) is 6.65. The summed E-state index contributed by atoms with van der Waals surface area (Å²) in [4.78, 5) is 11.8. The standard InChI is InChI=1S/C7H14N4O3/c1-8-7(9-11(12)13)10(2)6-4-3-5-14-6/h6H,3-5H2,1-2H3,(H,8,9). The molecule has 1 unspecified atom stereocenters. The van der Waals surface area contributed by atoms with E-state index < -0.39 is 5.03 Å². The number of nitrogens with one attached hydrogen (secondary N) is 1. The Morgan fingerprint density at radius 3 is 2.93 bits per heavy atom. The van der Waals surface area contributed by atoms with E-state index in [1.807, 2.05) is 0 Å². The van der Waals surface area contributed by atoms with Crippen LogP contribution in [0.3, 0.4) is 0 Å². The lowest BCUT2D eigenvalue weighted by Crippen LogP contribution is -2.43. The number of nitro groups is 1. The van der Waals surface area contributed by atoms with Gasteiger partial charge in [-0.1, -0.05) is 0 Å². The molecule has 1 aliphatic heterocycles. The summed E-state index contributed by atoms with van der Waals surface area (Å²) in [5.41, 5.74) is 0. The predicted octanol–water partition coefficient (Wildman–Crippen LogP) is -0.178. The fourth-order valence-electron chi connectivity index (χ4n) is 1.38. The predicted molar refractivity (Wildman–Crippen MR) is 50.2 cm³/mol. The third-order valence-corrected chi connectivity index (χ3v) is 2.07. The van der Waals surface area contributed by atoms with E-state index in [4.69, 9.17) is 4.74 Å². The van der Waals surface area contributed by atoms with Crippen molar-refractivity contribution in [3.8, 4) is 0 Å². The molecule has 1 N–H and O–H groups in total. The zero-order valence-corrected chi connectivity index (χ0v) is 8.27. The van der Waals surface area contributed by atoms with Crippen LogP contribution >= 0.6 is 0 Å². The molecule has 0 spiro atoms. The van der Waals surface area contributed by atoms with Crippen molar-refractivity contribution in [3.05, 3.63) is 10.1 Å². The Morgan fingerprint density at radius 1 is 1.79 bits per heavy atom. The molecule has 80 valence electrons. The van der Waals surface area contributed by atoms with E-state index in [-0.39, 0.29) is 12.2 Å². The maximum atomic E-state index is 10.2. The Labute approximate surface area is 81.9 Å². The zero-order chi connectivity index (χ0) is 10.6. The van der Waals surface area contributed by atoms with Crippen molar-refractivity contribution in [1.82, 2.24) is 10.2 Å². The largest absolute Gasteiger partial charge is 0.358 e. The van der Waals surface area contributed by atoms with Crippen molar-refractivity contribution in [2.75, 3.05) is 20.7 Å². The fourth-order valence-corrected chi connectivity index (χ4v) is 1.38. The second-order valence-corrected chi connectivity index (χ2v) is 2.99. The van der Waals surface area contributed by atoms with Crippen LogP contribution < -0.4 is 5.32 Å². The van der Waals surface area contributed by atoms with Gasteiger partial charge < -0.3 is 15.0 Å². The van der Waals surface area contributed by atoms with Crippen LogP contribution in [0.1, 0.15) is 12.8 Å². The molecule has 0 aromatic carbocycles. The summed E-state index contributed by atoms with van der Waals surface area (Å²) in [5.74, 6) is 0.210. The van der Waals surface area contributed by atoms with Crippen molar-refractivity contribution in [2.45, 2.75) is 19.1 Å². The molecule has 0 aromatic rings. The van der Waals surface area contributed by atoms with Gasteiger partial charge in [-0.15, -0.1) is 0 Å². The SMILES string of the molecule is CNC(=N[N+](=O)[O-])N(C)C1CCCO1. The highest BCUT2D eigenvalue weighted by Gasteiger charge is 2.24. The Morgan fingerprint density at radius 2 is 2.50 bits per heavy atom. The van der Waals surface area contributed by atoms with Crippen LogP contribution in [0.4, 0.5) is 0 Å². The molecule has 1 heterocycles. The first-order valence-electron chi connectivity index (χ1n) is 4.40. The van der Waals surface area contributed by atoms with E-state index in [9.17, 15) is 10.1 Å². The summed E-state index contributed by atoms with van der Waals surface area (Å²) in [6.45, 7) is 0.699. The molecular formula is C7H14N4O3. The molecule has 0 aromatic heterocycles. The minimum absolute atomic E-state index is 0.110. The highest BCUT2D eigenvalue weighted by atomic mass is 16.7. The second-order valence-electron chi connectivity index (χ2n) is 2.99. The Bertz CT molecular complexity index is 237. The van der Waals surface area contributed by atoms with E-state index in [1.54, 1.807) is 19.0 Å².